The van der Waals surface area contributed by atoms with Crippen LogP contribution in [-0.2, 0) is 11.3 Å². The molecule has 1 unspecified atom stereocenters. The summed E-state index contributed by atoms with van der Waals surface area (Å²) in [5.41, 5.74) is 4.91. The molecule has 0 spiro atoms. The first-order chi connectivity index (χ1) is 15.1. The highest BCUT2D eigenvalue weighted by Crippen LogP contribution is 2.26. The summed E-state index contributed by atoms with van der Waals surface area (Å²) in [6.45, 7) is 10.1. The number of hydrogen-bond acceptors (Lipinski definition) is 4. The largest absolute Gasteiger partial charge is 0.370 e. The van der Waals surface area contributed by atoms with Crippen molar-refractivity contribution in [2.75, 3.05) is 26.2 Å². The number of aliphatic imine (C=N–C) groups is 1. The van der Waals surface area contributed by atoms with Gasteiger partial charge in [0.05, 0.1) is 19.7 Å². The Morgan fingerprint density at radius 3 is 2.90 bits per heavy atom. The van der Waals surface area contributed by atoms with E-state index in [1.165, 1.54) is 16.7 Å². The molecule has 0 bridgehead atoms. The second-order valence-electron chi connectivity index (χ2n) is 7.83. The Morgan fingerprint density at radius 2 is 2.13 bits per heavy atom. The van der Waals surface area contributed by atoms with Crippen LogP contribution >= 0.6 is 0 Å². The number of aromatic nitrogens is 3. The van der Waals surface area contributed by atoms with Gasteiger partial charge in [-0.2, -0.15) is 0 Å². The molecule has 1 saturated heterocycles. The quantitative estimate of drug-likeness (QED) is 0.508. The van der Waals surface area contributed by atoms with E-state index in [-0.39, 0.29) is 6.10 Å². The molecule has 7 nitrogen and oxygen atoms in total. The number of morpholine rings is 1. The molecule has 1 atom stereocenters. The van der Waals surface area contributed by atoms with Crippen LogP contribution in [0, 0.1) is 13.8 Å². The smallest absolute Gasteiger partial charge is 0.194 e. The highest BCUT2D eigenvalue weighted by Gasteiger charge is 2.25. The van der Waals surface area contributed by atoms with Crippen molar-refractivity contribution in [3.8, 4) is 5.82 Å². The van der Waals surface area contributed by atoms with Crippen LogP contribution in [0.25, 0.3) is 5.82 Å². The first-order valence-corrected chi connectivity index (χ1v) is 10.8. The molecule has 31 heavy (non-hydrogen) atoms. The first kappa shape index (κ1) is 21.1. The molecule has 7 heteroatoms. The molecule has 3 aromatic rings. The fraction of sp³-hybridized carbons (Fsp3) is 0.375. The summed E-state index contributed by atoms with van der Waals surface area (Å²) in [4.78, 5) is 15.7. The number of hydrogen-bond donors (Lipinski definition) is 1. The number of nitrogens with zero attached hydrogens (tertiary/aromatic N) is 5. The summed E-state index contributed by atoms with van der Waals surface area (Å²) in [6, 6.07) is 10.6. The second-order valence-corrected chi connectivity index (χ2v) is 7.83. The Balaban J connectivity index is 1.50. The molecule has 2 aromatic heterocycles. The van der Waals surface area contributed by atoms with E-state index in [0.29, 0.717) is 13.2 Å². The van der Waals surface area contributed by atoms with Crippen molar-refractivity contribution in [2.24, 2.45) is 4.99 Å². The molecule has 162 valence electrons. The predicted molar refractivity (Wildman–Crippen MR) is 122 cm³/mol. The molecule has 1 aliphatic rings. The van der Waals surface area contributed by atoms with E-state index < -0.39 is 0 Å². The number of aryl methyl sites for hydroxylation is 2. The van der Waals surface area contributed by atoms with Crippen LogP contribution in [0.2, 0.25) is 0 Å². The monoisotopic (exact) mass is 418 g/mol. The van der Waals surface area contributed by atoms with Gasteiger partial charge in [0.25, 0.3) is 0 Å². The van der Waals surface area contributed by atoms with E-state index in [0.717, 1.165) is 37.0 Å². The number of ether oxygens (including phenoxy) is 1. The van der Waals surface area contributed by atoms with Gasteiger partial charge in [0, 0.05) is 31.7 Å². The molecular weight excluding hydrogens is 388 g/mol. The number of imidazole rings is 1. The van der Waals surface area contributed by atoms with Crippen molar-refractivity contribution in [2.45, 2.75) is 33.4 Å². The number of rotatable bonds is 5. The summed E-state index contributed by atoms with van der Waals surface area (Å²) < 4.78 is 8.02. The van der Waals surface area contributed by atoms with E-state index in [1.807, 2.05) is 29.1 Å². The first-order valence-electron chi connectivity index (χ1n) is 10.8. The van der Waals surface area contributed by atoms with Crippen molar-refractivity contribution >= 4 is 5.96 Å². The lowest BCUT2D eigenvalue weighted by Gasteiger charge is -2.36. The maximum Gasteiger partial charge on any atom is 0.194 e. The Hall–Kier alpha value is -3.19. The summed E-state index contributed by atoms with van der Waals surface area (Å²) in [5.74, 6) is 1.76. The Kier molecular flexibility index (Phi) is 6.62. The van der Waals surface area contributed by atoms with E-state index in [1.54, 1.807) is 12.5 Å². The average Bonchev–Trinajstić information content (AvgIpc) is 3.32. The van der Waals surface area contributed by atoms with Gasteiger partial charge < -0.3 is 15.0 Å². The van der Waals surface area contributed by atoms with Crippen LogP contribution in [0.4, 0.5) is 0 Å². The van der Waals surface area contributed by atoms with Crippen LogP contribution < -0.4 is 5.32 Å². The van der Waals surface area contributed by atoms with Gasteiger partial charge in [0.2, 0.25) is 0 Å². The number of benzene rings is 1. The van der Waals surface area contributed by atoms with Gasteiger partial charge in [-0.3, -0.25) is 4.57 Å². The zero-order valence-corrected chi connectivity index (χ0v) is 18.5. The minimum absolute atomic E-state index is 0.0481. The molecule has 1 fully saturated rings. The summed E-state index contributed by atoms with van der Waals surface area (Å²) in [5, 5.41) is 3.45. The van der Waals surface area contributed by atoms with Gasteiger partial charge in [-0.1, -0.05) is 23.8 Å². The number of nitrogens with one attached hydrogen (secondary N) is 1. The highest BCUT2D eigenvalue weighted by molar-refractivity contribution is 5.80. The van der Waals surface area contributed by atoms with Gasteiger partial charge in [-0.25, -0.2) is 15.0 Å². The predicted octanol–water partition coefficient (Wildman–Crippen LogP) is 3.42. The van der Waals surface area contributed by atoms with Crippen molar-refractivity contribution in [1.29, 1.82) is 0 Å². The van der Waals surface area contributed by atoms with Crippen LogP contribution in [0.5, 0.6) is 0 Å². The molecule has 0 amide bonds. The van der Waals surface area contributed by atoms with Gasteiger partial charge in [0.1, 0.15) is 18.2 Å². The fourth-order valence-electron chi connectivity index (χ4n) is 3.90. The van der Waals surface area contributed by atoms with Crippen LogP contribution in [0.1, 0.15) is 35.3 Å². The van der Waals surface area contributed by atoms with Crippen molar-refractivity contribution in [1.82, 2.24) is 24.8 Å². The van der Waals surface area contributed by atoms with E-state index in [9.17, 15) is 0 Å². The summed E-state index contributed by atoms with van der Waals surface area (Å²) in [7, 11) is 0. The molecule has 0 radical (unpaired) electrons. The topological polar surface area (TPSA) is 67.6 Å². The van der Waals surface area contributed by atoms with Gasteiger partial charge in [0.15, 0.2) is 5.96 Å². The molecule has 1 aromatic carbocycles. The Bertz CT molecular complexity index is 1030. The minimum Gasteiger partial charge on any atom is -0.370 e. The maximum atomic E-state index is 6.12. The van der Waals surface area contributed by atoms with Crippen molar-refractivity contribution in [3.05, 3.63) is 77.5 Å². The minimum atomic E-state index is 0.0481. The number of guanidine groups is 1. The van der Waals surface area contributed by atoms with E-state index in [2.05, 4.69) is 59.2 Å². The molecular formula is C24H30N6O. The SMILES string of the molecule is CCNC(=NCc1ccnc(-n2ccnc2)c1)N1CCOC(c2ccc(C)cc2C)C1. The molecule has 0 aliphatic carbocycles. The number of pyridine rings is 1. The Morgan fingerprint density at radius 1 is 1.23 bits per heavy atom. The third-order valence-electron chi connectivity index (χ3n) is 5.46. The highest BCUT2D eigenvalue weighted by atomic mass is 16.5. The van der Waals surface area contributed by atoms with Gasteiger partial charge in [-0.15, -0.1) is 0 Å². The molecule has 3 heterocycles. The third-order valence-corrected chi connectivity index (χ3v) is 5.46. The molecule has 1 N–H and O–H groups in total. The van der Waals surface area contributed by atoms with Crippen LogP contribution in [0.15, 0.2) is 60.2 Å². The van der Waals surface area contributed by atoms with Crippen LogP contribution in [-0.4, -0.2) is 51.6 Å². The Labute approximate surface area is 183 Å². The molecule has 0 saturated carbocycles. The van der Waals surface area contributed by atoms with Gasteiger partial charge >= 0.3 is 0 Å². The standard InChI is InChI=1S/C24H30N6O/c1-4-26-24(28-15-20-7-8-27-23(14-20)30-10-9-25-17-30)29-11-12-31-22(16-29)21-6-5-18(2)13-19(21)3/h5-10,13-14,17,22H,4,11-12,15-16H2,1-3H3,(H,26,28). The zero-order chi connectivity index (χ0) is 21.6. The van der Waals surface area contributed by atoms with Crippen LogP contribution in [0.3, 0.4) is 0 Å². The second kappa shape index (κ2) is 9.75. The summed E-state index contributed by atoms with van der Waals surface area (Å²) in [6.07, 6.45) is 7.26. The lowest BCUT2D eigenvalue weighted by Crippen LogP contribution is -2.48. The summed E-state index contributed by atoms with van der Waals surface area (Å²) >= 11 is 0. The van der Waals surface area contributed by atoms with E-state index >= 15 is 0 Å². The average molecular weight is 419 g/mol. The van der Waals surface area contributed by atoms with E-state index in [4.69, 9.17) is 9.73 Å². The lowest BCUT2D eigenvalue weighted by molar-refractivity contribution is -0.00834. The third kappa shape index (κ3) is 5.11. The normalized spacial score (nSPS) is 17.1. The lowest BCUT2D eigenvalue weighted by atomic mass is 10.00. The van der Waals surface area contributed by atoms with Gasteiger partial charge in [-0.05, 0) is 49.6 Å². The maximum absolute atomic E-state index is 6.12. The van der Waals surface area contributed by atoms with Crippen molar-refractivity contribution in [3.63, 3.8) is 0 Å². The zero-order valence-electron chi connectivity index (χ0n) is 18.5. The molecule has 1 aliphatic heterocycles. The van der Waals surface area contributed by atoms with Crippen molar-refractivity contribution < 1.29 is 4.74 Å². The fourth-order valence-corrected chi connectivity index (χ4v) is 3.90. The molecule has 4 rings (SSSR count).